The molecule has 0 bridgehead atoms. The van der Waals surface area contributed by atoms with Crippen LogP contribution in [-0.4, -0.2) is 75.6 Å². The Morgan fingerprint density at radius 2 is 1.38 bits per heavy atom. The zero-order valence-corrected chi connectivity index (χ0v) is 31.5. The van der Waals surface area contributed by atoms with Gasteiger partial charge in [0, 0.05) is 36.8 Å². The zero-order valence-electron chi connectivity index (χ0n) is 30.6. The van der Waals surface area contributed by atoms with E-state index in [2.05, 4.69) is 26.6 Å². The number of benzene rings is 3. The lowest BCUT2D eigenvalue weighted by molar-refractivity contribution is -0.130. The monoisotopic (exact) mass is 732 g/mol. The van der Waals surface area contributed by atoms with Gasteiger partial charge in [-0.1, -0.05) is 74.5 Å². The summed E-state index contributed by atoms with van der Waals surface area (Å²) in [6.07, 6.45) is 1.61. The van der Waals surface area contributed by atoms with Crippen molar-refractivity contribution in [3.63, 3.8) is 0 Å². The number of carbonyl (C=O) groups is 4. The second kappa shape index (κ2) is 18.7. The highest BCUT2D eigenvalue weighted by Crippen LogP contribution is 2.27. The molecule has 0 radical (unpaired) electrons. The first kappa shape index (κ1) is 40.0. The van der Waals surface area contributed by atoms with Crippen molar-refractivity contribution in [3.8, 4) is 0 Å². The summed E-state index contributed by atoms with van der Waals surface area (Å²) in [6.45, 7) is 9.97. The molecule has 0 saturated carbocycles. The summed E-state index contributed by atoms with van der Waals surface area (Å²) in [7, 11) is -3.64. The number of likely N-dealkylation sites (N-methyl/N-ethyl adjacent to an activating group) is 1. The first-order valence-corrected chi connectivity index (χ1v) is 19.6. The van der Waals surface area contributed by atoms with E-state index in [1.54, 1.807) is 6.92 Å². The minimum atomic E-state index is -3.64. The van der Waals surface area contributed by atoms with Gasteiger partial charge in [0.25, 0.3) is 11.8 Å². The smallest absolute Gasteiger partial charge is 0.251 e. The summed E-state index contributed by atoms with van der Waals surface area (Å²) in [4.78, 5) is 53.4. The first-order chi connectivity index (χ1) is 24.8. The van der Waals surface area contributed by atoms with Crippen LogP contribution in [0.2, 0.25) is 0 Å². The highest BCUT2D eigenvalue weighted by Gasteiger charge is 2.29. The van der Waals surface area contributed by atoms with Crippen LogP contribution >= 0.6 is 0 Å². The summed E-state index contributed by atoms with van der Waals surface area (Å²) in [5.74, 6) is -1.71. The maximum absolute atomic E-state index is 14.0. The van der Waals surface area contributed by atoms with E-state index in [1.165, 1.54) is 22.5 Å². The molecule has 4 amide bonds. The van der Waals surface area contributed by atoms with Crippen LogP contribution in [0.3, 0.4) is 0 Å². The molecule has 0 spiro atoms. The van der Waals surface area contributed by atoms with Crippen LogP contribution in [0.15, 0.2) is 78.9 Å². The Morgan fingerprint density at radius 3 is 1.98 bits per heavy atom. The molecule has 1 saturated heterocycles. The molecule has 0 aromatic heterocycles. The molecule has 1 heterocycles. The summed E-state index contributed by atoms with van der Waals surface area (Å²) in [6, 6.07) is 21.3. The lowest BCUT2D eigenvalue weighted by Crippen LogP contribution is -2.55. The van der Waals surface area contributed by atoms with E-state index in [9.17, 15) is 27.6 Å². The molecule has 3 aromatic carbocycles. The Bertz CT molecular complexity index is 1790. The Hall–Kier alpha value is -4.75. The fourth-order valence-corrected chi connectivity index (χ4v) is 7.68. The predicted molar refractivity (Wildman–Crippen MR) is 203 cm³/mol. The van der Waals surface area contributed by atoms with E-state index in [1.807, 2.05) is 88.4 Å². The molecular formula is C39H52N6O6S. The van der Waals surface area contributed by atoms with Gasteiger partial charge in [0.15, 0.2) is 0 Å². The minimum Gasteiger partial charge on any atom is -0.355 e. The Morgan fingerprint density at radius 1 is 0.769 bits per heavy atom. The third-order valence-corrected chi connectivity index (χ3v) is 10.9. The minimum absolute atomic E-state index is 0.0201. The molecule has 0 unspecified atom stereocenters. The average molecular weight is 733 g/mol. The number of hydrogen-bond acceptors (Lipinski definition) is 7. The maximum atomic E-state index is 14.0. The molecule has 1 fully saturated rings. The lowest BCUT2D eigenvalue weighted by Gasteiger charge is -2.29. The summed E-state index contributed by atoms with van der Waals surface area (Å²) in [5, 5.41) is 14.8. The van der Waals surface area contributed by atoms with E-state index in [0.29, 0.717) is 25.8 Å². The predicted octanol–water partition coefficient (Wildman–Crippen LogP) is 3.70. The first-order valence-electron chi connectivity index (χ1n) is 18.0. The van der Waals surface area contributed by atoms with Gasteiger partial charge in [-0.2, -0.15) is 0 Å². The molecule has 4 atom stereocenters. The summed E-state index contributed by atoms with van der Waals surface area (Å²) < 4.78 is 27.5. The molecule has 3 aromatic rings. The molecule has 5 N–H and O–H groups in total. The van der Waals surface area contributed by atoms with E-state index >= 15 is 0 Å². The standard InChI is InChI=1S/C39H52N6O6S/c1-6-40-39(49)35(26(2)3)44-36(46)28(5)41-25-33(21-29-15-9-7-10-16-29)43-38(48)32-22-31(37(47)42-27(4)30-17-11-8-12-18-30)23-34(24-32)45-19-13-14-20-52(45,50)51/h7-12,15-18,22-24,26-28,33,35,41H,6,13-14,19-21,25H2,1-5H3,(H,40,49)(H,42,47)(H,43,48)(H,44,46)/t27-,28+,33+,35+/m1/s1. The maximum Gasteiger partial charge on any atom is 0.251 e. The molecule has 13 heteroatoms. The van der Waals surface area contributed by atoms with Crippen LogP contribution in [0.25, 0.3) is 0 Å². The van der Waals surface area contributed by atoms with Crippen molar-refractivity contribution in [2.45, 2.75) is 78.0 Å². The van der Waals surface area contributed by atoms with Crippen molar-refractivity contribution in [1.82, 2.24) is 26.6 Å². The SMILES string of the molecule is CCNC(=O)[C@@H](NC(=O)[C@H](C)NC[C@H](Cc1ccccc1)NC(=O)c1cc(C(=O)N[C@H](C)c2ccccc2)cc(N2CCCCS2(=O)=O)c1)C(C)C. The number of sulfonamides is 1. The van der Waals surface area contributed by atoms with Crippen molar-refractivity contribution in [2.75, 3.05) is 29.7 Å². The van der Waals surface area contributed by atoms with Gasteiger partial charge < -0.3 is 26.6 Å². The van der Waals surface area contributed by atoms with Crippen molar-refractivity contribution >= 4 is 39.3 Å². The second-order valence-electron chi connectivity index (χ2n) is 13.6. The van der Waals surface area contributed by atoms with E-state index in [4.69, 9.17) is 0 Å². The van der Waals surface area contributed by atoms with Crippen LogP contribution < -0.4 is 30.9 Å². The topological polar surface area (TPSA) is 166 Å². The number of amides is 4. The van der Waals surface area contributed by atoms with Crippen LogP contribution in [0.4, 0.5) is 5.69 Å². The van der Waals surface area contributed by atoms with Crippen LogP contribution in [0, 0.1) is 5.92 Å². The van der Waals surface area contributed by atoms with Crippen molar-refractivity contribution in [1.29, 1.82) is 0 Å². The fraction of sp³-hybridized carbons (Fsp3) is 0.436. The largest absolute Gasteiger partial charge is 0.355 e. The average Bonchev–Trinajstić information content (AvgIpc) is 3.12. The zero-order chi connectivity index (χ0) is 37.8. The van der Waals surface area contributed by atoms with E-state index in [-0.39, 0.29) is 59.4 Å². The molecular weight excluding hydrogens is 681 g/mol. The number of hydrogen-bond donors (Lipinski definition) is 5. The lowest BCUT2D eigenvalue weighted by atomic mass is 10.0. The highest BCUT2D eigenvalue weighted by molar-refractivity contribution is 7.92. The van der Waals surface area contributed by atoms with Crippen LogP contribution in [0.1, 0.15) is 85.3 Å². The normalized spacial score (nSPS) is 16.2. The van der Waals surface area contributed by atoms with Gasteiger partial charge in [-0.3, -0.25) is 23.5 Å². The van der Waals surface area contributed by atoms with Gasteiger partial charge in [0.05, 0.1) is 23.5 Å². The number of anilines is 1. The second-order valence-corrected chi connectivity index (χ2v) is 15.6. The molecule has 12 nitrogen and oxygen atoms in total. The van der Waals surface area contributed by atoms with Crippen molar-refractivity contribution in [2.24, 2.45) is 5.92 Å². The third kappa shape index (κ3) is 11.1. The quantitative estimate of drug-likeness (QED) is 0.150. The fourth-order valence-electron chi connectivity index (χ4n) is 6.05. The highest BCUT2D eigenvalue weighted by atomic mass is 32.2. The van der Waals surface area contributed by atoms with Gasteiger partial charge in [0.2, 0.25) is 21.8 Å². The number of carbonyl (C=O) groups excluding carboxylic acids is 4. The van der Waals surface area contributed by atoms with Gasteiger partial charge in [-0.05, 0) is 75.3 Å². The molecule has 280 valence electrons. The van der Waals surface area contributed by atoms with Gasteiger partial charge in [-0.25, -0.2) is 8.42 Å². The Labute approximate surface area is 307 Å². The van der Waals surface area contributed by atoms with Gasteiger partial charge >= 0.3 is 0 Å². The summed E-state index contributed by atoms with van der Waals surface area (Å²) in [5.41, 5.74) is 2.37. The van der Waals surface area contributed by atoms with Crippen LogP contribution in [0.5, 0.6) is 0 Å². The van der Waals surface area contributed by atoms with Crippen LogP contribution in [-0.2, 0) is 26.0 Å². The van der Waals surface area contributed by atoms with E-state index < -0.39 is 40.0 Å². The molecule has 52 heavy (non-hydrogen) atoms. The van der Waals surface area contributed by atoms with Crippen molar-refractivity contribution in [3.05, 3.63) is 101 Å². The molecule has 1 aliphatic heterocycles. The molecule has 0 aliphatic carbocycles. The van der Waals surface area contributed by atoms with Gasteiger partial charge in [0.1, 0.15) is 6.04 Å². The van der Waals surface area contributed by atoms with Crippen molar-refractivity contribution < 1.29 is 27.6 Å². The number of rotatable bonds is 16. The molecule has 4 rings (SSSR count). The van der Waals surface area contributed by atoms with E-state index in [0.717, 1.165) is 11.1 Å². The Balaban J connectivity index is 1.58. The number of nitrogens with zero attached hydrogens (tertiary/aromatic N) is 1. The third-order valence-electron chi connectivity index (χ3n) is 9.05. The molecule has 1 aliphatic rings. The van der Waals surface area contributed by atoms with Gasteiger partial charge in [-0.15, -0.1) is 0 Å². The Kier molecular flexibility index (Phi) is 14.4. The summed E-state index contributed by atoms with van der Waals surface area (Å²) >= 11 is 0. The number of nitrogens with one attached hydrogen (secondary N) is 5.